The lowest BCUT2D eigenvalue weighted by Crippen LogP contribution is -2.12. The van der Waals surface area contributed by atoms with E-state index in [1.807, 2.05) is 0 Å². The second-order valence-electron chi connectivity index (χ2n) is 10.9. The van der Waals surface area contributed by atoms with Gasteiger partial charge in [-0.2, -0.15) is 23.1 Å². The zero-order chi connectivity index (χ0) is 40.6. The maximum absolute atomic E-state index is 13.3. The lowest BCUT2D eigenvalue weighted by molar-refractivity contribution is 0.367. The minimum atomic E-state index is -0.973. The van der Waals surface area contributed by atoms with E-state index in [0.29, 0.717) is 22.7 Å². The molecule has 9 aromatic heterocycles. The van der Waals surface area contributed by atoms with Crippen molar-refractivity contribution in [1.82, 2.24) is 58.1 Å². The van der Waals surface area contributed by atoms with Crippen LogP contribution in [0.1, 0.15) is 0 Å². The number of halogens is 7. The van der Waals surface area contributed by atoms with Crippen molar-refractivity contribution in [3.63, 3.8) is 0 Å². The van der Waals surface area contributed by atoms with Crippen LogP contribution in [0.2, 0.25) is 5.28 Å². The summed E-state index contributed by atoms with van der Waals surface area (Å²) < 4.78 is 91.3. The number of rotatable bonds is 4. The van der Waals surface area contributed by atoms with Gasteiger partial charge in [0.25, 0.3) is 17.3 Å². The fourth-order valence-corrected chi connectivity index (χ4v) is 4.87. The third-order valence-corrected chi connectivity index (χ3v) is 7.48. The van der Waals surface area contributed by atoms with E-state index in [9.17, 15) is 31.1 Å². The molecule has 0 aliphatic carbocycles. The predicted molar refractivity (Wildman–Crippen MR) is 190 cm³/mol. The van der Waals surface area contributed by atoms with Gasteiger partial charge in [0.1, 0.15) is 45.8 Å². The van der Waals surface area contributed by atoms with Gasteiger partial charge in [-0.05, 0) is 48.0 Å². The van der Waals surface area contributed by atoms with Gasteiger partial charge in [0.2, 0.25) is 22.7 Å². The van der Waals surface area contributed by atoms with Crippen LogP contribution in [0.15, 0.2) is 103 Å². The van der Waals surface area contributed by atoms with Crippen LogP contribution in [-0.4, -0.2) is 72.3 Å². The summed E-state index contributed by atoms with van der Waals surface area (Å²) in [4.78, 5) is 43.9. The van der Waals surface area contributed by atoms with Gasteiger partial charge in [0.05, 0.1) is 45.2 Å². The zero-order valence-corrected chi connectivity index (χ0v) is 29.8. The molecule has 0 radical (unpaired) electrons. The SMILES string of the molecule is COc1nc(-c2cnc3ccc(F)cn23)ncc1F.COc1nc(Cl)ncc1F.Fc1ccc2nccn2c1.O=c1[nH]c(-c2cnc3ccc(F)cn23)ncc1F. The van der Waals surface area contributed by atoms with E-state index in [0.717, 1.165) is 24.2 Å². The quantitative estimate of drug-likeness (QED) is 0.159. The highest BCUT2D eigenvalue weighted by Gasteiger charge is 2.14. The third-order valence-electron chi connectivity index (χ3n) is 7.30. The molecule has 0 amide bonds. The van der Waals surface area contributed by atoms with Crippen molar-refractivity contribution in [2.24, 2.45) is 0 Å². The minimum absolute atomic E-state index is 0.0294. The molecule has 9 aromatic rings. The Bertz CT molecular complexity index is 2890. The highest BCUT2D eigenvalue weighted by atomic mass is 35.5. The van der Waals surface area contributed by atoms with Crippen LogP contribution >= 0.6 is 11.6 Å². The molecular formula is C35H23ClF6N12O3. The molecule has 22 heteroatoms. The number of ether oxygens (including phenoxy) is 2. The number of H-pyrrole nitrogens is 1. The molecule has 0 saturated carbocycles. The van der Waals surface area contributed by atoms with Crippen molar-refractivity contribution in [2.45, 2.75) is 0 Å². The van der Waals surface area contributed by atoms with Gasteiger partial charge in [0.15, 0.2) is 11.6 Å². The lowest BCUT2D eigenvalue weighted by atomic mass is 10.4. The summed E-state index contributed by atoms with van der Waals surface area (Å²) in [6.45, 7) is 0. The third kappa shape index (κ3) is 9.28. The normalized spacial score (nSPS) is 10.6. The fraction of sp³-hybridized carbons (Fsp3) is 0.0571. The summed E-state index contributed by atoms with van der Waals surface area (Å²) >= 11 is 5.33. The average molecular weight is 809 g/mol. The molecule has 15 nitrogen and oxygen atoms in total. The Morgan fingerprint density at radius 1 is 0.596 bits per heavy atom. The van der Waals surface area contributed by atoms with Crippen LogP contribution < -0.4 is 15.0 Å². The number of aromatic amines is 1. The first kappa shape index (κ1) is 39.3. The van der Waals surface area contributed by atoms with Crippen LogP contribution in [0.4, 0.5) is 26.3 Å². The number of hydrogen-bond donors (Lipinski definition) is 1. The predicted octanol–water partition coefficient (Wildman–Crippen LogP) is 6.19. The number of nitrogens with zero attached hydrogens (tertiary/aromatic N) is 11. The summed E-state index contributed by atoms with van der Waals surface area (Å²) in [7, 11) is 2.62. The molecule has 0 bridgehead atoms. The molecule has 0 aromatic carbocycles. The summed E-state index contributed by atoms with van der Waals surface area (Å²) in [5.41, 5.74) is 1.75. The van der Waals surface area contributed by atoms with Gasteiger partial charge in [-0.25, -0.2) is 43.1 Å². The van der Waals surface area contributed by atoms with Gasteiger partial charge >= 0.3 is 0 Å². The number of imidazole rings is 3. The zero-order valence-electron chi connectivity index (χ0n) is 29.0. The Labute approximate surface area is 319 Å². The lowest BCUT2D eigenvalue weighted by Gasteiger charge is -2.03. The first-order valence-electron chi connectivity index (χ1n) is 15.8. The molecule has 0 aliphatic heterocycles. The topological polar surface area (TPSA) is 168 Å². The van der Waals surface area contributed by atoms with E-state index in [2.05, 4.69) is 49.6 Å². The van der Waals surface area contributed by atoms with Crippen LogP contribution in [0, 0.1) is 34.9 Å². The highest BCUT2D eigenvalue weighted by Crippen LogP contribution is 2.21. The minimum Gasteiger partial charge on any atom is -0.479 e. The van der Waals surface area contributed by atoms with Crippen molar-refractivity contribution in [2.75, 3.05) is 14.2 Å². The molecule has 0 atom stereocenters. The summed E-state index contributed by atoms with van der Waals surface area (Å²) in [6.07, 6.45) is 12.9. The maximum Gasteiger partial charge on any atom is 0.287 e. The van der Waals surface area contributed by atoms with Crippen LogP contribution in [0.3, 0.4) is 0 Å². The van der Waals surface area contributed by atoms with E-state index in [1.165, 1.54) is 84.3 Å². The standard InChI is InChI=1S/C12H8F2N4O.C11H6F2N4O.C7H5FN2.C5H4ClFN2O/c1-19-12-8(14)4-16-11(17-12)9-5-15-10-3-2-7(13)6-18(9)10;12-6-1-2-9-14-4-8(17(9)5-6)10-15-3-7(13)11(18)16-10;8-6-1-2-7-9-3-4-10(7)5-6;1-10-4-3(7)2-8-5(6)9-4/h2-6H,1H3;1-5H,(H,15,16,18);1-5H;2H,1H3. The molecule has 0 unspecified atom stereocenters. The number of pyridine rings is 3. The largest absolute Gasteiger partial charge is 0.479 e. The van der Waals surface area contributed by atoms with Gasteiger partial charge in [-0.1, -0.05) is 0 Å². The molecule has 9 heterocycles. The Kier molecular flexibility index (Phi) is 12.0. The van der Waals surface area contributed by atoms with E-state index in [-0.39, 0.29) is 34.5 Å². The molecular weight excluding hydrogens is 786 g/mol. The van der Waals surface area contributed by atoms with E-state index in [1.54, 1.807) is 22.9 Å². The molecule has 290 valence electrons. The van der Waals surface area contributed by atoms with Crippen molar-refractivity contribution in [3.8, 4) is 34.8 Å². The van der Waals surface area contributed by atoms with Gasteiger partial charge in [0, 0.05) is 31.0 Å². The van der Waals surface area contributed by atoms with Crippen molar-refractivity contribution in [1.29, 1.82) is 0 Å². The Morgan fingerprint density at radius 2 is 1.14 bits per heavy atom. The second-order valence-corrected chi connectivity index (χ2v) is 11.3. The molecule has 0 spiro atoms. The van der Waals surface area contributed by atoms with Crippen molar-refractivity contribution < 1.29 is 35.8 Å². The Morgan fingerprint density at radius 3 is 1.75 bits per heavy atom. The summed E-state index contributed by atoms with van der Waals surface area (Å²) in [5, 5.41) is -0.0294. The molecule has 0 saturated heterocycles. The average Bonchev–Trinajstić information content (AvgIpc) is 3.96. The summed E-state index contributed by atoms with van der Waals surface area (Å²) in [6, 6.07) is 8.61. The van der Waals surface area contributed by atoms with E-state index < -0.39 is 34.6 Å². The molecule has 0 aliphatic rings. The van der Waals surface area contributed by atoms with Gasteiger partial charge in [-0.15, -0.1) is 0 Å². The maximum atomic E-state index is 13.3. The van der Waals surface area contributed by atoms with Crippen LogP contribution in [0.5, 0.6) is 11.8 Å². The molecule has 0 fully saturated rings. The van der Waals surface area contributed by atoms with E-state index >= 15 is 0 Å². The van der Waals surface area contributed by atoms with Gasteiger partial charge in [-0.3, -0.25) is 13.6 Å². The second kappa shape index (κ2) is 17.4. The monoisotopic (exact) mass is 808 g/mol. The van der Waals surface area contributed by atoms with Gasteiger partial charge < -0.3 is 18.9 Å². The Hall–Kier alpha value is -7.42. The summed E-state index contributed by atoms with van der Waals surface area (Å²) in [5.74, 6) is -3.35. The number of fused-ring (bicyclic) bond motifs is 3. The molecule has 9 rings (SSSR count). The van der Waals surface area contributed by atoms with E-state index in [4.69, 9.17) is 16.3 Å². The smallest absolute Gasteiger partial charge is 0.287 e. The fourth-order valence-electron chi connectivity index (χ4n) is 4.74. The first-order valence-corrected chi connectivity index (χ1v) is 16.2. The number of aromatic nitrogens is 12. The van der Waals surface area contributed by atoms with Crippen molar-refractivity contribution in [3.05, 3.63) is 149 Å². The van der Waals surface area contributed by atoms with Crippen LogP contribution in [0.25, 0.3) is 40.0 Å². The number of hydrogen-bond acceptors (Lipinski definition) is 11. The van der Waals surface area contributed by atoms with Crippen molar-refractivity contribution >= 4 is 28.5 Å². The molecule has 57 heavy (non-hydrogen) atoms. The first-order chi connectivity index (χ1) is 27.4. The Balaban J connectivity index is 0.000000134. The highest BCUT2D eigenvalue weighted by molar-refractivity contribution is 6.28. The molecule has 1 N–H and O–H groups in total. The van der Waals surface area contributed by atoms with Crippen LogP contribution in [-0.2, 0) is 0 Å². The number of methoxy groups -OCH3 is 2. The number of nitrogens with one attached hydrogen (secondary N) is 1.